The van der Waals surface area contributed by atoms with Gasteiger partial charge in [-0.1, -0.05) is 54.2 Å². The first-order valence-corrected chi connectivity index (χ1v) is 9.93. The van der Waals surface area contributed by atoms with Gasteiger partial charge in [0.25, 0.3) is 0 Å². The van der Waals surface area contributed by atoms with Crippen LogP contribution in [-0.4, -0.2) is 23.2 Å². The van der Waals surface area contributed by atoms with Crippen molar-refractivity contribution >= 4 is 28.6 Å². The molecule has 3 heteroatoms. The number of Topliss-reactive ketones (excluding diaryl/α,β-unsaturated/α-hetero) is 1. The van der Waals surface area contributed by atoms with E-state index in [2.05, 4.69) is 54.3 Å². The lowest BCUT2D eigenvalue weighted by molar-refractivity contribution is -0.128. The molecule has 0 bridgehead atoms. The van der Waals surface area contributed by atoms with Crippen molar-refractivity contribution in [3.8, 4) is 0 Å². The zero-order valence-electron chi connectivity index (χ0n) is 17.2. The highest BCUT2D eigenvalue weighted by Crippen LogP contribution is 2.44. The summed E-state index contributed by atoms with van der Waals surface area (Å²) in [6.45, 7) is 10.2. The van der Waals surface area contributed by atoms with Gasteiger partial charge in [0.2, 0.25) is 0 Å². The molecule has 0 amide bonds. The third-order valence-electron chi connectivity index (χ3n) is 5.98. The van der Waals surface area contributed by atoms with Crippen LogP contribution in [0.2, 0.25) is 0 Å². The molecule has 0 saturated heterocycles. The Balaban J connectivity index is 1.85. The monoisotopic (exact) mass is 379 g/mol. The van der Waals surface area contributed by atoms with Crippen LogP contribution in [0.25, 0.3) is 0 Å². The van der Waals surface area contributed by atoms with E-state index < -0.39 is 11.0 Å². The zero-order valence-corrected chi connectivity index (χ0v) is 18.0. The lowest BCUT2D eigenvalue weighted by Crippen LogP contribution is -2.58. The van der Waals surface area contributed by atoms with Gasteiger partial charge in [-0.3, -0.25) is 4.79 Å². The number of hydrogen-bond acceptors (Lipinski definition) is 3. The zero-order chi connectivity index (χ0) is 20.0. The molecule has 0 aliphatic carbocycles. The van der Waals surface area contributed by atoms with E-state index in [4.69, 9.17) is 12.2 Å². The van der Waals surface area contributed by atoms with E-state index >= 15 is 0 Å². The second-order valence-corrected chi connectivity index (χ2v) is 9.38. The minimum Gasteiger partial charge on any atom is -0.362 e. The predicted octanol–water partition coefficient (Wildman–Crippen LogP) is 5.23. The minimum atomic E-state index is -0.501. The maximum Gasteiger partial charge on any atom is 0.167 e. The second-order valence-electron chi connectivity index (χ2n) is 8.80. The number of carbonyl (C=O) groups is 1. The Kier molecular flexibility index (Phi) is 5.02. The van der Waals surface area contributed by atoms with Crippen LogP contribution in [0.5, 0.6) is 0 Å². The molecule has 3 rings (SSSR count). The minimum absolute atomic E-state index is 0.254. The van der Waals surface area contributed by atoms with Crippen molar-refractivity contribution in [2.24, 2.45) is 0 Å². The number of anilines is 1. The third-order valence-corrected chi connectivity index (χ3v) is 6.27. The van der Waals surface area contributed by atoms with Crippen molar-refractivity contribution in [1.82, 2.24) is 0 Å². The van der Waals surface area contributed by atoms with E-state index in [-0.39, 0.29) is 5.78 Å². The maximum absolute atomic E-state index is 13.1. The molecular weight excluding hydrogens is 350 g/mol. The largest absolute Gasteiger partial charge is 0.362 e. The first-order valence-electron chi connectivity index (χ1n) is 9.53. The van der Waals surface area contributed by atoms with E-state index in [1.54, 1.807) is 0 Å². The highest BCUT2D eigenvalue weighted by Gasteiger charge is 2.48. The summed E-state index contributed by atoms with van der Waals surface area (Å²) in [6, 6.07) is 15.0. The van der Waals surface area contributed by atoms with Crippen LogP contribution in [0.4, 0.5) is 5.69 Å². The average molecular weight is 380 g/mol. The van der Waals surface area contributed by atoms with Gasteiger partial charge in [0.1, 0.15) is 0 Å². The number of aryl methyl sites for hydroxylation is 1. The Hall–Kier alpha value is -2.00. The lowest BCUT2D eigenvalue weighted by atomic mass is 9.68. The average Bonchev–Trinajstić information content (AvgIpc) is 2.61. The molecule has 0 spiro atoms. The Labute approximate surface area is 168 Å². The standard InChI is InChI=1S/C24H29NOS/c1-16-7-9-17(10-8-16)13-19(27)14-18-11-12-21-20(15-18)23(2,3)22(26)24(4,5)25(21)6/h7-12,15H,13-14H2,1-6H3. The smallest absolute Gasteiger partial charge is 0.167 e. The lowest BCUT2D eigenvalue weighted by Gasteiger charge is -2.48. The fourth-order valence-corrected chi connectivity index (χ4v) is 4.38. The Morgan fingerprint density at radius 1 is 0.963 bits per heavy atom. The number of likely N-dealkylation sites (N-methyl/N-ethyl adjacent to an activating group) is 1. The summed E-state index contributed by atoms with van der Waals surface area (Å²) in [5.74, 6) is 0.254. The summed E-state index contributed by atoms with van der Waals surface area (Å²) >= 11 is 5.67. The molecule has 0 saturated carbocycles. The molecule has 2 aromatic rings. The molecule has 0 fully saturated rings. The van der Waals surface area contributed by atoms with Gasteiger partial charge in [0.15, 0.2) is 5.78 Å². The Morgan fingerprint density at radius 3 is 2.15 bits per heavy atom. The van der Waals surface area contributed by atoms with Crippen LogP contribution >= 0.6 is 12.2 Å². The number of hydrogen-bond donors (Lipinski definition) is 0. The van der Waals surface area contributed by atoms with E-state index in [1.807, 2.05) is 34.7 Å². The van der Waals surface area contributed by atoms with E-state index in [1.165, 1.54) is 16.7 Å². The molecule has 2 nitrogen and oxygen atoms in total. The predicted molar refractivity (Wildman–Crippen MR) is 118 cm³/mol. The van der Waals surface area contributed by atoms with Gasteiger partial charge in [0, 0.05) is 30.4 Å². The molecule has 27 heavy (non-hydrogen) atoms. The number of benzene rings is 2. The maximum atomic E-state index is 13.1. The molecule has 0 N–H and O–H groups in total. The van der Waals surface area contributed by atoms with E-state index in [9.17, 15) is 4.79 Å². The van der Waals surface area contributed by atoms with Crippen LogP contribution in [0.15, 0.2) is 42.5 Å². The number of fused-ring (bicyclic) bond motifs is 1. The molecule has 2 aromatic carbocycles. The molecule has 1 aliphatic rings. The number of nitrogens with zero attached hydrogens (tertiary/aromatic N) is 1. The summed E-state index contributed by atoms with van der Waals surface area (Å²) in [4.78, 5) is 16.2. The molecule has 1 heterocycles. The molecule has 142 valence electrons. The summed E-state index contributed by atoms with van der Waals surface area (Å²) in [7, 11) is 2.01. The van der Waals surface area contributed by atoms with Crippen molar-refractivity contribution in [3.63, 3.8) is 0 Å². The first-order chi connectivity index (χ1) is 12.5. The molecular formula is C24H29NOS. The van der Waals surface area contributed by atoms with Gasteiger partial charge in [0.05, 0.1) is 11.0 Å². The number of carbonyl (C=O) groups excluding carboxylic acids is 1. The highest BCUT2D eigenvalue weighted by atomic mass is 32.1. The summed E-state index contributed by atoms with van der Waals surface area (Å²) in [6.07, 6.45) is 1.57. The summed E-state index contributed by atoms with van der Waals surface area (Å²) in [5, 5.41) is 0. The molecule has 0 atom stereocenters. The van der Waals surface area contributed by atoms with Gasteiger partial charge in [-0.25, -0.2) is 0 Å². The van der Waals surface area contributed by atoms with Gasteiger partial charge >= 0.3 is 0 Å². The number of thiocarbonyl (C=S) groups is 1. The van der Waals surface area contributed by atoms with Gasteiger partial charge in [-0.2, -0.15) is 0 Å². The van der Waals surface area contributed by atoms with Crippen LogP contribution < -0.4 is 4.90 Å². The first kappa shape index (κ1) is 19.8. The normalized spacial score (nSPS) is 17.6. The Morgan fingerprint density at radius 2 is 1.52 bits per heavy atom. The van der Waals surface area contributed by atoms with Crippen LogP contribution in [0, 0.1) is 6.92 Å². The van der Waals surface area contributed by atoms with Gasteiger partial charge in [-0.15, -0.1) is 0 Å². The van der Waals surface area contributed by atoms with E-state index in [0.29, 0.717) is 0 Å². The molecule has 1 aliphatic heterocycles. The fourth-order valence-electron chi connectivity index (χ4n) is 4.05. The summed E-state index contributed by atoms with van der Waals surface area (Å²) in [5.41, 5.74) is 4.93. The number of ketones is 1. The van der Waals surface area contributed by atoms with Crippen molar-refractivity contribution < 1.29 is 4.79 Å². The van der Waals surface area contributed by atoms with Crippen LogP contribution in [0.3, 0.4) is 0 Å². The van der Waals surface area contributed by atoms with Crippen molar-refractivity contribution in [2.75, 3.05) is 11.9 Å². The second kappa shape index (κ2) is 6.87. The Bertz CT molecular complexity index is 893. The van der Waals surface area contributed by atoms with Gasteiger partial charge in [-0.05, 0) is 57.4 Å². The third kappa shape index (κ3) is 3.58. The van der Waals surface area contributed by atoms with Crippen molar-refractivity contribution in [3.05, 3.63) is 64.7 Å². The van der Waals surface area contributed by atoms with Crippen LogP contribution in [-0.2, 0) is 23.1 Å². The topological polar surface area (TPSA) is 20.3 Å². The van der Waals surface area contributed by atoms with E-state index in [0.717, 1.165) is 29.0 Å². The quantitative estimate of drug-likeness (QED) is 0.679. The van der Waals surface area contributed by atoms with Crippen LogP contribution in [0.1, 0.15) is 49.9 Å². The SMILES string of the molecule is Cc1ccc(CC(=S)Cc2ccc3c(c2)C(C)(C)C(=O)C(C)(C)N3C)cc1. The molecule has 0 unspecified atom stereocenters. The highest BCUT2D eigenvalue weighted by molar-refractivity contribution is 7.80. The summed E-state index contributed by atoms with van der Waals surface area (Å²) < 4.78 is 0. The van der Waals surface area contributed by atoms with Crippen molar-refractivity contribution in [2.45, 2.75) is 58.4 Å². The molecule has 0 radical (unpaired) electrons. The molecule has 0 aromatic heterocycles. The van der Waals surface area contributed by atoms with Gasteiger partial charge < -0.3 is 4.90 Å². The fraction of sp³-hybridized carbons (Fsp3) is 0.417. The number of rotatable bonds is 4. The van der Waals surface area contributed by atoms with Crippen molar-refractivity contribution in [1.29, 1.82) is 0 Å².